The fourth-order valence-corrected chi connectivity index (χ4v) is 3.40. The molecule has 2 heterocycles. The van der Waals surface area contributed by atoms with Gasteiger partial charge in [-0.1, -0.05) is 33.6 Å². The van der Waals surface area contributed by atoms with Crippen molar-refractivity contribution in [3.8, 4) is 0 Å². The lowest BCUT2D eigenvalue weighted by molar-refractivity contribution is -0.136. The number of nitrogens with zero attached hydrogens (tertiary/aromatic N) is 1. The van der Waals surface area contributed by atoms with Crippen LogP contribution in [0.5, 0.6) is 0 Å². The third-order valence-electron chi connectivity index (χ3n) is 5.52. The van der Waals surface area contributed by atoms with Crippen molar-refractivity contribution in [1.82, 2.24) is 10.2 Å². The Balaban J connectivity index is 1.87. The van der Waals surface area contributed by atoms with E-state index in [4.69, 9.17) is 0 Å². The van der Waals surface area contributed by atoms with Gasteiger partial charge in [0.05, 0.1) is 6.04 Å². The Kier molecular flexibility index (Phi) is 4.88. The van der Waals surface area contributed by atoms with Crippen LogP contribution in [-0.2, 0) is 4.79 Å². The largest absolute Gasteiger partial charge is 0.341 e. The van der Waals surface area contributed by atoms with Crippen molar-refractivity contribution >= 4 is 5.91 Å². The van der Waals surface area contributed by atoms with Gasteiger partial charge in [-0.3, -0.25) is 4.79 Å². The highest BCUT2D eigenvalue weighted by Crippen LogP contribution is 2.34. The van der Waals surface area contributed by atoms with E-state index in [1.54, 1.807) is 0 Å². The lowest BCUT2D eigenvalue weighted by Crippen LogP contribution is -2.53. The molecule has 0 radical (unpaired) electrons. The molecule has 2 fully saturated rings. The Morgan fingerprint density at radius 3 is 2.58 bits per heavy atom. The fraction of sp³-hybridized carbons (Fsp3) is 0.938. The summed E-state index contributed by atoms with van der Waals surface area (Å²) in [6, 6.07) is 0.0877. The molecule has 3 heteroatoms. The van der Waals surface area contributed by atoms with Crippen LogP contribution in [0, 0.1) is 11.3 Å². The van der Waals surface area contributed by atoms with Gasteiger partial charge in [0.25, 0.3) is 0 Å². The summed E-state index contributed by atoms with van der Waals surface area (Å²) < 4.78 is 0. The predicted molar refractivity (Wildman–Crippen MR) is 79.0 cm³/mol. The Morgan fingerprint density at radius 2 is 2.00 bits per heavy atom. The van der Waals surface area contributed by atoms with E-state index in [9.17, 15) is 4.79 Å². The van der Waals surface area contributed by atoms with Crippen LogP contribution in [0.25, 0.3) is 0 Å². The van der Waals surface area contributed by atoms with Gasteiger partial charge >= 0.3 is 0 Å². The summed E-state index contributed by atoms with van der Waals surface area (Å²) in [7, 11) is 0. The molecule has 0 bridgehead atoms. The first-order chi connectivity index (χ1) is 9.08. The molecule has 2 saturated heterocycles. The highest BCUT2D eigenvalue weighted by molar-refractivity contribution is 5.82. The van der Waals surface area contributed by atoms with E-state index in [2.05, 4.69) is 31.0 Å². The Bertz CT molecular complexity index is 308. The highest BCUT2D eigenvalue weighted by Gasteiger charge is 2.34. The zero-order chi connectivity index (χ0) is 13.9. The van der Waals surface area contributed by atoms with E-state index in [1.165, 1.54) is 32.1 Å². The summed E-state index contributed by atoms with van der Waals surface area (Å²) in [6.45, 7) is 9.80. The standard InChI is InChI=1S/C16H30N2O/c1-4-13-6-9-17-14(12-13)15(19)18-10-7-16(3,5-2)8-11-18/h13-14,17H,4-12H2,1-3H3. The van der Waals surface area contributed by atoms with Crippen LogP contribution >= 0.6 is 0 Å². The third kappa shape index (κ3) is 3.50. The minimum atomic E-state index is 0.0877. The molecule has 0 aromatic carbocycles. The number of carbonyl (C=O) groups is 1. The second-order valence-corrected chi connectivity index (χ2v) is 6.79. The van der Waals surface area contributed by atoms with Crippen LogP contribution in [0.1, 0.15) is 59.3 Å². The second kappa shape index (κ2) is 6.25. The lowest BCUT2D eigenvalue weighted by Gasteiger charge is -2.41. The van der Waals surface area contributed by atoms with Gasteiger partial charge in [-0.25, -0.2) is 0 Å². The van der Waals surface area contributed by atoms with Crippen LogP contribution in [0.15, 0.2) is 0 Å². The van der Waals surface area contributed by atoms with Gasteiger partial charge in [-0.05, 0) is 43.6 Å². The molecule has 1 N–H and O–H groups in total. The Labute approximate surface area is 118 Å². The van der Waals surface area contributed by atoms with Gasteiger partial charge in [0.15, 0.2) is 0 Å². The van der Waals surface area contributed by atoms with Crippen molar-refractivity contribution in [2.24, 2.45) is 11.3 Å². The smallest absolute Gasteiger partial charge is 0.239 e. The van der Waals surface area contributed by atoms with Gasteiger partial charge in [0.1, 0.15) is 0 Å². The topological polar surface area (TPSA) is 32.3 Å². The zero-order valence-corrected chi connectivity index (χ0v) is 12.9. The van der Waals surface area contributed by atoms with Gasteiger partial charge in [0.2, 0.25) is 5.91 Å². The van der Waals surface area contributed by atoms with E-state index >= 15 is 0 Å². The summed E-state index contributed by atoms with van der Waals surface area (Å²) in [5, 5.41) is 3.42. The summed E-state index contributed by atoms with van der Waals surface area (Å²) in [5.74, 6) is 1.09. The molecule has 2 aliphatic heterocycles. The summed E-state index contributed by atoms with van der Waals surface area (Å²) in [4.78, 5) is 14.7. The summed E-state index contributed by atoms with van der Waals surface area (Å²) in [6.07, 6.45) is 7.04. The number of hydrogen-bond donors (Lipinski definition) is 1. The van der Waals surface area contributed by atoms with Crippen LogP contribution in [0.3, 0.4) is 0 Å². The highest BCUT2D eigenvalue weighted by atomic mass is 16.2. The van der Waals surface area contributed by atoms with Crippen LogP contribution < -0.4 is 5.32 Å². The second-order valence-electron chi connectivity index (χ2n) is 6.79. The molecule has 110 valence electrons. The zero-order valence-electron chi connectivity index (χ0n) is 12.9. The monoisotopic (exact) mass is 266 g/mol. The van der Waals surface area contributed by atoms with E-state index in [0.29, 0.717) is 11.3 Å². The maximum absolute atomic E-state index is 12.6. The van der Waals surface area contributed by atoms with Gasteiger partial charge in [-0.2, -0.15) is 0 Å². The predicted octanol–water partition coefficient (Wildman–Crippen LogP) is 2.80. The van der Waals surface area contributed by atoms with E-state index < -0.39 is 0 Å². The molecule has 19 heavy (non-hydrogen) atoms. The van der Waals surface area contributed by atoms with Crippen molar-refractivity contribution in [3.05, 3.63) is 0 Å². The van der Waals surface area contributed by atoms with Crippen molar-refractivity contribution in [3.63, 3.8) is 0 Å². The molecule has 3 nitrogen and oxygen atoms in total. The number of hydrogen-bond acceptors (Lipinski definition) is 2. The lowest BCUT2D eigenvalue weighted by atomic mass is 9.78. The average molecular weight is 266 g/mol. The number of carbonyl (C=O) groups excluding carboxylic acids is 1. The van der Waals surface area contributed by atoms with Gasteiger partial charge in [-0.15, -0.1) is 0 Å². The fourth-order valence-electron chi connectivity index (χ4n) is 3.40. The third-order valence-corrected chi connectivity index (χ3v) is 5.52. The number of likely N-dealkylation sites (tertiary alicyclic amines) is 1. The maximum Gasteiger partial charge on any atom is 0.239 e. The van der Waals surface area contributed by atoms with Crippen molar-refractivity contribution < 1.29 is 4.79 Å². The van der Waals surface area contributed by atoms with Crippen LogP contribution in [0.2, 0.25) is 0 Å². The molecular formula is C16H30N2O. The van der Waals surface area contributed by atoms with Crippen molar-refractivity contribution in [2.45, 2.75) is 65.3 Å². The van der Waals surface area contributed by atoms with Gasteiger partial charge in [0, 0.05) is 13.1 Å². The maximum atomic E-state index is 12.6. The molecule has 0 aliphatic carbocycles. The number of piperidine rings is 2. The molecule has 0 aromatic rings. The molecule has 0 aromatic heterocycles. The quantitative estimate of drug-likeness (QED) is 0.852. The van der Waals surface area contributed by atoms with E-state index in [0.717, 1.165) is 32.0 Å². The summed E-state index contributed by atoms with van der Waals surface area (Å²) in [5.41, 5.74) is 0.461. The van der Waals surface area contributed by atoms with Crippen molar-refractivity contribution in [1.29, 1.82) is 0 Å². The first kappa shape index (κ1) is 14.8. The minimum absolute atomic E-state index is 0.0877. The average Bonchev–Trinajstić information content (AvgIpc) is 2.47. The molecule has 2 unspecified atom stereocenters. The van der Waals surface area contributed by atoms with Crippen molar-refractivity contribution in [2.75, 3.05) is 19.6 Å². The van der Waals surface area contributed by atoms with Crippen LogP contribution in [-0.4, -0.2) is 36.5 Å². The normalized spacial score (nSPS) is 31.2. The van der Waals surface area contributed by atoms with Gasteiger partial charge < -0.3 is 10.2 Å². The Morgan fingerprint density at radius 1 is 1.32 bits per heavy atom. The minimum Gasteiger partial charge on any atom is -0.341 e. The molecule has 2 atom stereocenters. The Hall–Kier alpha value is -0.570. The first-order valence-electron chi connectivity index (χ1n) is 8.10. The molecule has 2 rings (SSSR count). The molecular weight excluding hydrogens is 236 g/mol. The van der Waals surface area contributed by atoms with E-state index in [1.807, 2.05) is 0 Å². The number of amides is 1. The van der Waals surface area contributed by atoms with Crippen LogP contribution in [0.4, 0.5) is 0 Å². The first-order valence-corrected chi connectivity index (χ1v) is 8.10. The molecule has 0 spiro atoms. The summed E-state index contributed by atoms with van der Waals surface area (Å²) >= 11 is 0. The molecule has 2 aliphatic rings. The number of nitrogens with one attached hydrogen (secondary N) is 1. The molecule has 0 saturated carbocycles. The number of rotatable bonds is 3. The molecule has 1 amide bonds. The SMILES string of the molecule is CCC1CCNC(C(=O)N2CCC(C)(CC)CC2)C1. The van der Waals surface area contributed by atoms with E-state index in [-0.39, 0.29) is 6.04 Å².